The summed E-state index contributed by atoms with van der Waals surface area (Å²) in [6.45, 7) is 0. The number of ketones is 2. The van der Waals surface area contributed by atoms with Crippen molar-refractivity contribution < 1.29 is 44.0 Å². The first-order chi connectivity index (χ1) is 18.8. The third-order valence-electron chi connectivity index (χ3n) is 7.89. The number of para-hydroxylation sites is 1. The number of carbonyl (C=O) groups excluding carboxylic acids is 4. The zero-order valence-electron chi connectivity index (χ0n) is 21.5. The van der Waals surface area contributed by atoms with E-state index in [1.807, 2.05) is 0 Å². The van der Waals surface area contributed by atoms with Crippen LogP contribution in [0.25, 0.3) is 0 Å². The quantitative estimate of drug-likeness (QED) is 0.244. The second-order valence-corrected chi connectivity index (χ2v) is 10.4. The fraction of sp³-hybridized carbons (Fsp3) is 0.286. The van der Waals surface area contributed by atoms with Crippen LogP contribution in [0, 0.1) is 17.7 Å². The van der Waals surface area contributed by atoms with Gasteiger partial charge >= 0.3 is 0 Å². The number of hydrogen-bond acceptors (Lipinski definition) is 9. The molecule has 7 N–H and O–H groups in total. The van der Waals surface area contributed by atoms with Crippen LogP contribution in [0.2, 0.25) is 0 Å². The summed E-state index contributed by atoms with van der Waals surface area (Å²) in [6, 6.07) is 7.46. The molecule has 12 heteroatoms. The van der Waals surface area contributed by atoms with Crippen LogP contribution in [-0.4, -0.2) is 63.5 Å². The predicted molar refractivity (Wildman–Crippen MR) is 139 cm³/mol. The van der Waals surface area contributed by atoms with Crippen molar-refractivity contribution in [1.29, 1.82) is 0 Å². The predicted octanol–water partition coefficient (Wildman–Crippen LogP) is 2.04. The third kappa shape index (κ3) is 3.74. The van der Waals surface area contributed by atoms with E-state index in [9.17, 15) is 39.6 Å². The Bertz CT molecular complexity index is 1590. The molecule has 0 heterocycles. The molecule has 208 valence electrons. The standard InChI is InChI=1S/C28H26FN3O8/c1-32(2)17-6-4-3-5-13(17)27(39)31-16-10-15(29)14-8-11-7-12-9-18(33)21(26(30)38)25(37)28(12,40)24(36)19(11)23(35)20(14)22(16)34/h3-6,10-12,33-34,36,40H,7-9H2,1-2H3,(H2,30,38)(H,31,39)/t11?,12-,28-/m0/s1. The van der Waals surface area contributed by atoms with Crippen LogP contribution >= 0.6 is 0 Å². The highest BCUT2D eigenvalue weighted by Crippen LogP contribution is 2.52. The Kier molecular flexibility index (Phi) is 6.18. The Hall–Kier alpha value is -4.71. The van der Waals surface area contributed by atoms with Gasteiger partial charge in [-0.3, -0.25) is 19.2 Å². The van der Waals surface area contributed by atoms with Crippen LogP contribution < -0.4 is 16.0 Å². The number of anilines is 2. The number of fused-ring (bicyclic) bond motifs is 3. The van der Waals surface area contributed by atoms with E-state index in [2.05, 4.69) is 5.32 Å². The number of carbonyl (C=O) groups is 4. The van der Waals surface area contributed by atoms with Gasteiger partial charge in [-0.15, -0.1) is 0 Å². The molecule has 0 fully saturated rings. The smallest absolute Gasteiger partial charge is 0.257 e. The van der Waals surface area contributed by atoms with Gasteiger partial charge in [-0.1, -0.05) is 12.1 Å². The summed E-state index contributed by atoms with van der Waals surface area (Å²) in [7, 11) is 3.45. The first kappa shape index (κ1) is 26.9. The second-order valence-electron chi connectivity index (χ2n) is 10.4. The highest BCUT2D eigenvalue weighted by molar-refractivity contribution is 6.24. The molecule has 0 spiro atoms. The van der Waals surface area contributed by atoms with Crippen LogP contribution in [0.3, 0.4) is 0 Å². The number of halogens is 1. The minimum Gasteiger partial charge on any atom is -0.511 e. The third-order valence-corrected chi connectivity index (χ3v) is 7.89. The van der Waals surface area contributed by atoms with Crippen LogP contribution in [0.5, 0.6) is 5.75 Å². The molecular weight excluding hydrogens is 525 g/mol. The number of allylic oxidation sites excluding steroid dienone is 2. The minimum atomic E-state index is -2.73. The highest BCUT2D eigenvalue weighted by Gasteiger charge is 2.59. The molecule has 11 nitrogen and oxygen atoms in total. The van der Waals surface area contributed by atoms with E-state index in [0.717, 1.165) is 6.07 Å². The lowest BCUT2D eigenvalue weighted by atomic mass is 9.60. The van der Waals surface area contributed by atoms with Gasteiger partial charge in [0, 0.05) is 49.3 Å². The Morgan fingerprint density at radius 3 is 2.45 bits per heavy atom. The molecule has 3 aliphatic carbocycles. The van der Waals surface area contributed by atoms with Crippen LogP contribution in [0.1, 0.15) is 39.1 Å². The molecule has 2 aromatic carbocycles. The Labute approximate surface area is 227 Å². The van der Waals surface area contributed by atoms with E-state index in [0.29, 0.717) is 5.69 Å². The van der Waals surface area contributed by atoms with Gasteiger partial charge < -0.3 is 36.4 Å². The zero-order valence-corrected chi connectivity index (χ0v) is 21.5. The number of primary amides is 1. The average molecular weight is 552 g/mol. The molecule has 40 heavy (non-hydrogen) atoms. The van der Waals surface area contributed by atoms with Crippen LogP contribution in [-0.2, 0) is 16.0 Å². The fourth-order valence-electron chi connectivity index (χ4n) is 5.98. The maximum absolute atomic E-state index is 15.4. The van der Waals surface area contributed by atoms with E-state index in [-0.39, 0.29) is 30.4 Å². The van der Waals surface area contributed by atoms with Gasteiger partial charge in [-0.2, -0.15) is 0 Å². The number of phenols is 1. The number of Topliss-reactive ketones (excluding diaryl/α,β-unsaturated/α-hetero) is 2. The maximum Gasteiger partial charge on any atom is 0.257 e. The van der Waals surface area contributed by atoms with Gasteiger partial charge in [-0.05, 0) is 30.9 Å². The largest absolute Gasteiger partial charge is 0.511 e. The molecule has 2 aromatic rings. The molecule has 0 saturated carbocycles. The van der Waals surface area contributed by atoms with E-state index in [1.54, 1.807) is 37.2 Å². The van der Waals surface area contributed by atoms with E-state index in [4.69, 9.17) is 5.73 Å². The Morgan fingerprint density at radius 2 is 1.80 bits per heavy atom. The summed E-state index contributed by atoms with van der Waals surface area (Å²) in [5.41, 5.74) is 0.814. The number of amides is 2. The van der Waals surface area contributed by atoms with Crippen molar-refractivity contribution in [3.8, 4) is 5.75 Å². The number of nitrogens with two attached hydrogens (primary N) is 1. The first-order valence-electron chi connectivity index (χ1n) is 12.4. The summed E-state index contributed by atoms with van der Waals surface area (Å²) < 4.78 is 15.4. The van der Waals surface area contributed by atoms with Crippen molar-refractivity contribution in [1.82, 2.24) is 0 Å². The number of phenolic OH excluding ortho intramolecular Hbond substituents is 1. The molecule has 0 radical (unpaired) electrons. The number of hydrogen-bond donors (Lipinski definition) is 6. The summed E-state index contributed by atoms with van der Waals surface area (Å²) in [4.78, 5) is 53.2. The van der Waals surface area contributed by atoms with Crippen molar-refractivity contribution in [2.75, 3.05) is 24.3 Å². The average Bonchev–Trinajstić information content (AvgIpc) is 2.88. The highest BCUT2D eigenvalue weighted by atomic mass is 19.1. The zero-order chi connectivity index (χ0) is 29.3. The topological polar surface area (TPSA) is 190 Å². The number of aliphatic hydroxyl groups is 3. The number of nitrogens with one attached hydrogen (secondary N) is 1. The van der Waals surface area contributed by atoms with E-state index >= 15 is 4.39 Å². The number of aromatic hydroxyl groups is 1. The van der Waals surface area contributed by atoms with E-state index in [1.165, 1.54) is 6.07 Å². The molecule has 3 atom stereocenters. The number of nitrogens with zero attached hydrogens (tertiary/aromatic N) is 1. The lowest BCUT2D eigenvalue weighted by Gasteiger charge is -2.45. The SMILES string of the molecule is CN(C)c1ccccc1C(=O)Nc1cc(F)c2c(c1O)C(=O)C1=C(O)[C@]3(O)C(=O)C(C(N)=O)=C(O)C[C@@H]3CC1C2. The molecule has 0 saturated heterocycles. The normalized spacial score (nSPS) is 23.8. The van der Waals surface area contributed by atoms with Gasteiger partial charge in [0.15, 0.2) is 17.1 Å². The number of benzene rings is 2. The lowest BCUT2D eigenvalue weighted by molar-refractivity contribution is -0.144. The minimum absolute atomic E-state index is 0.122. The molecule has 0 bridgehead atoms. The van der Waals surface area contributed by atoms with Gasteiger partial charge in [-0.25, -0.2) is 4.39 Å². The number of aliphatic hydroxyl groups excluding tert-OH is 2. The summed E-state index contributed by atoms with van der Waals surface area (Å²) in [6.07, 6.45) is -0.697. The van der Waals surface area contributed by atoms with Crippen LogP contribution in [0.15, 0.2) is 53.0 Å². The van der Waals surface area contributed by atoms with Gasteiger partial charge in [0.05, 0.1) is 16.8 Å². The van der Waals surface area contributed by atoms with Crippen molar-refractivity contribution in [2.24, 2.45) is 17.6 Å². The molecule has 5 rings (SSSR count). The van der Waals surface area contributed by atoms with Gasteiger partial charge in [0.1, 0.15) is 22.9 Å². The lowest BCUT2D eigenvalue weighted by Crippen LogP contribution is -2.57. The summed E-state index contributed by atoms with van der Waals surface area (Å²) in [5.74, 6) is -9.75. The Morgan fingerprint density at radius 1 is 1.12 bits per heavy atom. The van der Waals surface area contributed by atoms with Crippen molar-refractivity contribution in [3.05, 3.63) is 75.5 Å². The molecule has 1 unspecified atom stereocenters. The number of rotatable bonds is 4. The molecular formula is C28H26FN3O8. The summed E-state index contributed by atoms with van der Waals surface area (Å²) in [5, 5.41) is 46.1. The molecule has 0 aliphatic heterocycles. The monoisotopic (exact) mass is 551 g/mol. The molecule has 2 amide bonds. The van der Waals surface area contributed by atoms with E-state index < -0.39 is 86.3 Å². The fourth-order valence-corrected chi connectivity index (χ4v) is 5.98. The van der Waals surface area contributed by atoms with Crippen molar-refractivity contribution >= 4 is 34.8 Å². The Balaban J connectivity index is 1.58. The molecule has 0 aromatic heterocycles. The van der Waals surface area contributed by atoms with Gasteiger partial charge in [0.2, 0.25) is 5.78 Å². The van der Waals surface area contributed by atoms with Gasteiger partial charge in [0.25, 0.3) is 11.8 Å². The van der Waals surface area contributed by atoms with Crippen molar-refractivity contribution in [2.45, 2.75) is 24.9 Å². The summed E-state index contributed by atoms with van der Waals surface area (Å²) >= 11 is 0. The van der Waals surface area contributed by atoms with Crippen molar-refractivity contribution in [3.63, 3.8) is 0 Å². The molecule has 3 aliphatic rings. The van der Waals surface area contributed by atoms with Crippen LogP contribution in [0.4, 0.5) is 15.8 Å². The second kappa shape index (κ2) is 9.19. The maximum atomic E-state index is 15.4. The first-order valence-corrected chi connectivity index (χ1v) is 12.4.